The van der Waals surface area contributed by atoms with E-state index in [4.69, 9.17) is 11.6 Å². The third kappa shape index (κ3) is 4.33. The molecule has 0 aliphatic rings. The Bertz CT molecular complexity index is 291. The molecule has 80 valence electrons. The normalized spacial score (nSPS) is 14.4. The second-order valence-electron chi connectivity index (χ2n) is 4.53. The molecule has 14 heavy (non-hydrogen) atoms. The van der Waals surface area contributed by atoms with E-state index in [-0.39, 0.29) is 0 Å². The highest BCUT2D eigenvalue weighted by Gasteiger charge is 2.21. The minimum atomic E-state index is 0.344. The van der Waals surface area contributed by atoms with Crippen molar-refractivity contribution in [2.75, 3.05) is 0 Å². The summed E-state index contributed by atoms with van der Waals surface area (Å²) in [6.07, 6.45) is 2.29. The Kier molecular flexibility index (Phi) is 4.48. The molecule has 3 heteroatoms. The Balaban J connectivity index is 2.58. The topological polar surface area (TPSA) is 0 Å². The summed E-state index contributed by atoms with van der Waals surface area (Å²) in [6, 6.07) is 4.11. The van der Waals surface area contributed by atoms with Crippen LogP contribution in [0, 0.1) is 5.41 Å². The van der Waals surface area contributed by atoms with Crippen LogP contribution in [0.3, 0.4) is 0 Å². The second kappa shape index (κ2) is 5.00. The minimum Gasteiger partial charge on any atom is -0.128 e. The molecule has 0 bridgehead atoms. The maximum atomic E-state index is 5.90. The third-order valence-corrected chi connectivity index (χ3v) is 3.67. The van der Waals surface area contributed by atoms with Crippen LogP contribution in [0.15, 0.2) is 12.1 Å². The number of thiophene rings is 1. The van der Waals surface area contributed by atoms with Gasteiger partial charge in [0.2, 0.25) is 0 Å². The van der Waals surface area contributed by atoms with Crippen molar-refractivity contribution in [2.45, 2.75) is 38.4 Å². The van der Waals surface area contributed by atoms with Gasteiger partial charge in [-0.25, -0.2) is 0 Å². The van der Waals surface area contributed by atoms with Gasteiger partial charge in [-0.1, -0.05) is 48.3 Å². The van der Waals surface area contributed by atoms with E-state index in [0.717, 1.165) is 10.8 Å². The van der Waals surface area contributed by atoms with Gasteiger partial charge in [-0.3, -0.25) is 0 Å². The third-order valence-electron chi connectivity index (χ3n) is 2.12. The first-order valence-corrected chi connectivity index (χ1v) is 6.88. The molecular formula is C11H16BrClS. The molecule has 0 saturated carbocycles. The van der Waals surface area contributed by atoms with Gasteiger partial charge in [-0.15, -0.1) is 11.3 Å². The van der Waals surface area contributed by atoms with E-state index in [2.05, 4.69) is 42.8 Å². The molecule has 0 nitrogen and oxygen atoms in total. The van der Waals surface area contributed by atoms with Gasteiger partial charge >= 0.3 is 0 Å². The largest absolute Gasteiger partial charge is 0.128 e. The molecule has 0 aliphatic heterocycles. The summed E-state index contributed by atoms with van der Waals surface area (Å²) in [5, 5.41) is 0. The van der Waals surface area contributed by atoms with E-state index >= 15 is 0 Å². The first-order valence-electron chi connectivity index (χ1n) is 4.77. The quantitative estimate of drug-likeness (QED) is 0.674. The summed E-state index contributed by atoms with van der Waals surface area (Å²) in [5.41, 5.74) is 0.344. The molecular weight excluding hydrogens is 280 g/mol. The molecule has 1 unspecified atom stereocenters. The fourth-order valence-corrected chi connectivity index (χ4v) is 3.97. The molecule has 1 aromatic heterocycles. The number of alkyl halides is 1. The van der Waals surface area contributed by atoms with E-state index in [0.29, 0.717) is 10.2 Å². The van der Waals surface area contributed by atoms with Crippen molar-refractivity contribution in [3.63, 3.8) is 0 Å². The van der Waals surface area contributed by atoms with Gasteiger partial charge in [0.05, 0.1) is 4.34 Å². The summed E-state index contributed by atoms with van der Waals surface area (Å²) in [4.78, 5) is 1.96. The zero-order chi connectivity index (χ0) is 10.8. The van der Waals surface area contributed by atoms with Crippen LogP contribution in [0.25, 0.3) is 0 Å². The Hall–Kier alpha value is 0.470. The van der Waals surface area contributed by atoms with Crippen molar-refractivity contribution >= 4 is 38.9 Å². The van der Waals surface area contributed by atoms with Crippen molar-refractivity contribution in [3.05, 3.63) is 21.3 Å². The lowest BCUT2D eigenvalue weighted by atomic mass is 9.84. The van der Waals surface area contributed by atoms with Crippen molar-refractivity contribution in [3.8, 4) is 0 Å². The van der Waals surface area contributed by atoms with Gasteiger partial charge < -0.3 is 0 Å². The molecule has 0 aliphatic carbocycles. The number of hydrogen-bond donors (Lipinski definition) is 0. The van der Waals surface area contributed by atoms with Gasteiger partial charge in [-0.2, -0.15) is 0 Å². The average Bonchev–Trinajstić information content (AvgIpc) is 2.30. The lowest BCUT2D eigenvalue weighted by molar-refractivity contribution is 0.337. The van der Waals surface area contributed by atoms with Crippen molar-refractivity contribution in [1.82, 2.24) is 0 Å². The molecule has 1 atom stereocenters. The van der Waals surface area contributed by atoms with Crippen LogP contribution in [0.1, 0.15) is 32.1 Å². The Morgan fingerprint density at radius 2 is 2.14 bits per heavy atom. The number of rotatable bonds is 4. The Morgan fingerprint density at radius 1 is 1.50 bits per heavy atom. The van der Waals surface area contributed by atoms with Gasteiger partial charge in [0.25, 0.3) is 0 Å². The summed E-state index contributed by atoms with van der Waals surface area (Å²) in [6.45, 7) is 6.81. The van der Waals surface area contributed by atoms with E-state index < -0.39 is 0 Å². The Morgan fingerprint density at radius 3 is 2.57 bits per heavy atom. The average molecular weight is 296 g/mol. The molecule has 0 N–H and O–H groups in total. The highest BCUT2D eigenvalue weighted by atomic mass is 79.9. The summed E-state index contributed by atoms with van der Waals surface area (Å²) >= 11 is 11.2. The smallest absolute Gasteiger partial charge is 0.0931 e. The SMILES string of the molecule is CC(Br)CC(C)(C)Cc1ccc(Cl)s1. The monoisotopic (exact) mass is 294 g/mol. The van der Waals surface area contributed by atoms with Gasteiger partial charge in [-0.05, 0) is 30.4 Å². The van der Waals surface area contributed by atoms with Crippen LogP contribution in [-0.4, -0.2) is 4.83 Å². The molecule has 0 aromatic carbocycles. The van der Waals surface area contributed by atoms with Gasteiger partial charge in [0.15, 0.2) is 0 Å². The lowest BCUT2D eigenvalue weighted by Crippen LogP contribution is -2.17. The lowest BCUT2D eigenvalue weighted by Gasteiger charge is -2.25. The van der Waals surface area contributed by atoms with E-state index in [1.165, 1.54) is 11.3 Å². The number of hydrogen-bond acceptors (Lipinski definition) is 1. The van der Waals surface area contributed by atoms with Crippen molar-refractivity contribution in [1.29, 1.82) is 0 Å². The standard InChI is InChI=1S/C11H16BrClS/c1-8(12)6-11(2,3)7-9-4-5-10(13)14-9/h4-5,8H,6-7H2,1-3H3. The van der Waals surface area contributed by atoms with Gasteiger partial charge in [0.1, 0.15) is 0 Å². The maximum absolute atomic E-state index is 5.90. The fourth-order valence-electron chi connectivity index (χ4n) is 1.75. The minimum absolute atomic E-state index is 0.344. The van der Waals surface area contributed by atoms with Crippen LogP contribution < -0.4 is 0 Å². The zero-order valence-corrected chi connectivity index (χ0v) is 12.0. The Labute approximate surface area is 104 Å². The van der Waals surface area contributed by atoms with E-state index in [1.54, 1.807) is 11.3 Å². The fraction of sp³-hybridized carbons (Fsp3) is 0.636. The van der Waals surface area contributed by atoms with Crippen LogP contribution >= 0.6 is 38.9 Å². The molecule has 0 fully saturated rings. The predicted octanol–water partition coefficient (Wildman–Crippen LogP) is 5.14. The molecule has 1 heterocycles. The zero-order valence-electron chi connectivity index (χ0n) is 8.81. The first kappa shape index (κ1) is 12.5. The molecule has 1 aromatic rings. The van der Waals surface area contributed by atoms with Crippen molar-refractivity contribution < 1.29 is 0 Å². The maximum Gasteiger partial charge on any atom is 0.0931 e. The highest BCUT2D eigenvalue weighted by molar-refractivity contribution is 9.09. The number of halogens is 2. The molecule has 1 rings (SSSR count). The molecule has 0 saturated heterocycles. The van der Waals surface area contributed by atoms with Gasteiger partial charge in [0, 0.05) is 9.70 Å². The van der Waals surface area contributed by atoms with Crippen LogP contribution in [0.2, 0.25) is 4.34 Å². The summed E-state index contributed by atoms with van der Waals surface area (Å²) in [5.74, 6) is 0. The molecule has 0 spiro atoms. The first-order chi connectivity index (χ1) is 6.39. The highest BCUT2D eigenvalue weighted by Crippen LogP contribution is 2.33. The van der Waals surface area contributed by atoms with Crippen LogP contribution in [-0.2, 0) is 6.42 Å². The summed E-state index contributed by atoms with van der Waals surface area (Å²) in [7, 11) is 0. The summed E-state index contributed by atoms with van der Waals surface area (Å²) < 4.78 is 0.891. The van der Waals surface area contributed by atoms with Crippen molar-refractivity contribution in [2.24, 2.45) is 5.41 Å². The van der Waals surface area contributed by atoms with E-state index in [9.17, 15) is 0 Å². The van der Waals surface area contributed by atoms with Crippen LogP contribution in [0.4, 0.5) is 0 Å². The molecule has 0 amide bonds. The predicted molar refractivity (Wildman–Crippen MR) is 69.8 cm³/mol. The molecule has 0 radical (unpaired) electrons. The second-order valence-corrected chi connectivity index (χ2v) is 7.89. The van der Waals surface area contributed by atoms with E-state index in [1.807, 2.05) is 6.07 Å². The van der Waals surface area contributed by atoms with Crippen LogP contribution in [0.5, 0.6) is 0 Å².